The van der Waals surface area contributed by atoms with E-state index in [0.29, 0.717) is 30.8 Å². The number of carbonyl (C=O) groups excluding carboxylic acids is 1. The summed E-state index contributed by atoms with van der Waals surface area (Å²) >= 11 is 0. The molecule has 1 atom stereocenters. The second kappa shape index (κ2) is 8.71. The molecule has 2 saturated heterocycles. The highest BCUT2D eigenvalue weighted by atomic mass is 32.2. The summed E-state index contributed by atoms with van der Waals surface area (Å²) in [7, 11) is -3.56. The van der Waals surface area contributed by atoms with Gasteiger partial charge in [0.05, 0.1) is 10.9 Å². The van der Waals surface area contributed by atoms with Crippen LogP contribution in [-0.2, 0) is 14.8 Å². The topological polar surface area (TPSA) is 70.6 Å². The highest BCUT2D eigenvalue weighted by Crippen LogP contribution is 2.35. The monoisotopic (exact) mass is 441 g/mol. The minimum Gasteiger partial charge on any atom is -0.335 e. The van der Waals surface area contributed by atoms with E-state index in [9.17, 15) is 13.2 Å². The molecule has 7 heteroatoms. The van der Waals surface area contributed by atoms with Crippen molar-refractivity contribution in [2.45, 2.75) is 57.4 Å². The Kier molecular flexibility index (Phi) is 6.17. The molecule has 4 rings (SSSR count). The molecule has 2 fully saturated rings. The van der Waals surface area contributed by atoms with Crippen LogP contribution in [0.2, 0.25) is 0 Å². The smallest absolute Gasteiger partial charge is 0.243 e. The Labute approximate surface area is 185 Å². The quantitative estimate of drug-likeness (QED) is 0.724. The van der Waals surface area contributed by atoms with E-state index in [1.165, 1.54) is 0 Å². The van der Waals surface area contributed by atoms with Crippen LogP contribution in [0.3, 0.4) is 0 Å². The van der Waals surface area contributed by atoms with Crippen LogP contribution in [0.5, 0.6) is 0 Å². The van der Waals surface area contributed by atoms with E-state index in [1.54, 1.807) is 10.5 Å². The number of carbonyl (C=O) groups is 1. The molecule has 2 aromatic rings. The molecule has 2 aliphatic rings. The van der Waals surface area contributed by atoms with E-state index in [-0.39, 0.29) is 17.9 Å². The lowest BCUT2D eigenvalue weighted by molar-refractivity contribution is -0.137. The summed E-state index contributed by atoms with van der Waals surface area (Å²) in [5.74, 6) is 0.0371. The van der Waals surface area contributed by atoms with Crippen LogP contribution in [0, 0.1) is 26.7 Å². The number of benzene rings is 1. The highest BCUT2D eigenvalue weighted by Gasteiger charge is 2.38. The second-order valence-corrected chi connectivity index (χ2v) is 10.8. The summed E-state index contributed by atoms with van der Waals surface area (Å²) in [5.41, 5.74) is 3.71. The van der Waals surface area contributed by atoms with Gasteiger partial charge >= 0.3 is 0 Å². The van der Waals surface area contributed by atoms with Crippen LogP contribution in [0.4, 0.5) is 0 Å². The number of hydrogen-bond acceptors (Lipinski definition) is 4. The fourth-order valence-corrected chi connectivity index (χ4v) is 7.11. The molecule has 0 spiro atoms. The van der Waals surface area contributed by atoms with Crippen LogP contribution in [-0.4, -0.2) is 48.1 Å². The largest absolute Gasteiger partial charge is 0.335 e. The molecule has 2 aliphatic heterocycles. The Balaban J connectivity index is 1.46. The van der Waals surface area contributed by atoms with Crippen molar-refractivity contribution >= 4 is 15.9 Å². The third-order valence-electron chi connectivity index (χ3n) is 6.61. The fourth-order valence-electron chi connectivity index (χ4n) is 5.23. The molecule has 31 heavy (non-hydrogen) atoms. The van der Waals surface area contributed by atoms with Gasteiger partial charge in [-0.2, -0.15) is 4.31 Å². The van der Waals surface area contributed by atoms with Gasteiger partial charge < -0.3 is 4.90 Å². The van der Waals surface area contributed by atoms with E-state index >= 15 is 0 Å². The number of likely N-dealkylation sites (tertiary alicyclic amines) is 1. The van der Waals surface area contributed by atoms with Gasteiger partial charge in [-0.1, -0.05) is 23.8 Å². The number of sulfonamides is 1. The van der Waals surface area contributed by atoms with Gasteiger partial charge in [0.2, 0.25) is 15.9 Å². The zero-order valence-corrected chi connectivity index (χ0v) is 19.4. The molecule has 0 aliphatic carbocycles. The maximum Gasteiger partial charge on any atom is 0.243 e. The third-order valence-corrected chi connectivity index (χ3v) is 8.82. The van der Waals surface area contributed by atoms with Gasteiger partial charge in [-0.15, -0.1) is 0 Å². The average Bonchev–Trinajstić information content (AvgIpc) is 3.23. The van der Waals surface area contributed by atoms with E-state index in [0.717, 1.165) is 41.6 Å². The van der Waals surface area contributed by atoms with E-state index in [2.05, 4.69) is 4.98 Å². The Morgan fingerprint density at radius 2 is 1.71 bits per heavy atom. The molecule has 0 unspecified atom stereocenters. The first-order chi connectivity index (χ1) is 14.8. The Morgan fingerprint density at radius 3 is 2.32 bits per heavy atom. The van der Waals surface area contributed by atoms with Crippen molar-refractivity contribution in [3.8, 4) is 0 Å². The lowest BCUT2D eigenvalue weighted by atomic mass is 9.95. The normalized spacial score (nSPS) is 20.9. The number of aromatic nitrogens is 1. The van der Waals surface area contributed by atoms with Crippen molar-refractivity contribution in [3.63, 3.8) is 0 Å². The molecule has 3 heterocycles. The minimum atomic E-state index is -3.56. The Bertz CT molecular complexity index is 1040. The van der Waals surface area contributed by atoms with Crippen LogP contribution in [0.1, 0.15) is 54.0 Å². The van der Waals surface area contributed by atoms with Gasteiger partial charge in [-0.05, 0) is 69.2 Å². The molecule has 0 saturated carbocycles. The predicted octanol–water partition coefficient (Wildman–Crippen LogP) is 3.77. The molecular formula is C24H31N3O3S. The van der Waals surface area contributed by atoms with Crippen molar-refractivity contribution < 1.29 is 13.2 Å². The van der Waals surface area contributed by atoms with Gasteiger partial charge in [-0.3, -0.25) is 9.78 Å². The molecule has 0 radical (unpaired) electrons. The maximum absolute atomic E-state index is 13.3. The number of piperidine rings is 1. The zero-order valence-electron chi connectivity index (χ0n) is 18.5. The number of aryl methyl sites for hydroxylation is 3. The lowest BCUT2D eigenvalue weighted by Crippen LogP contribution is -2.44. The molecule has 0 N–H and O–H groups in total. The van der Waals surface area contributed by atoms with E-state index in [4.69, 9.17) is 0 Å². The molecule has 0 bridgehead atoms. The first kappa shape index (κ1) is 22.0. The van der Waals surface area contributed by atoms with Crippen molar-refractivity contribution in [3.05, 3.63) is 58.9 Å². The predicted molar refractivity (Wildman–Crippen MR) is 120 cm³/mol. The molecular weight excluding hydrogens is 410 g/mol. The van der Waals surface area contributed by atoms with Crippen molar-refractivity contribution in [2.24, 2.45) is 5.92 Å². The fraction of sp³-hybridized carbons (Fsp3) is 0.500. The molecule has 1 aromatic carbocycles. The number of nitrogens with zero attached hydrogens (tertiary/aromatic N) is 3. The number of hydrogen-bond donors (Lipinski definition) is 0. The summed E-state index contributed by atoms with van der Waals surface area (Å²) in [4.78, 5) is 19.9. The average molecular weight is 442 g/mol. The molecule has 6 nitrogen and oxygen atoms in total. The van der Waals surface area contributed by atoms with Gasteiger partial charge in [0, 0.05) is 37.9 Å². The summed E-state index contributed by atoms with van der Waals surface area (Å²) in [6.07, 6.45) is 6.67. The lowest BCUT2D eigenvalue weighted by Gasteiger charge is -2.35. The van der Waals surface area contributed by atoms with Gasteiger partial charge in [0.25, 0.3) is 0 Å². The standard InChI is InChI=1S/C24H31N3O3S/c1-17-14-18(2)23(19(3)15-17)31(29,30)26-12-8-20(9-13-26)24(28)27-11-5-7-22(27)21-6-4-10-25-16-21/h4,6,10,14-16,20,22H,5,7-9,11-13H2,1-3H3/t22-/m0/s1. The van der Waals surface area contributed by atoms with E-state index < -0.39 is 10.0 Å². The minimum absolute atomic E-state index is 0.0841. The molecule has 1 amide bonds. The zero-order chi connectivity index (χ0) is 22.2. The number of amides is 1. The number of rotatable bonds is 4. The third kappa shape index (κ3) is 4.26. The van der Waals surface area contributed by atoms with E-state index in [1.807, 2.05) is 56.1 Å². The molecule has 166 valence electrons. The van der Waals surface area contributed by atoms with Crippen LogP contribution >= 0.6 is 0 Å². The second-order valence-electron chi connectivity index (χ2n) is 8.88. The van der Waals surface area contributed by atoms with Crippen LogP contribution in [0.25, 0.3) is 0 Å². The molecule has 1 aromatic heterocycles. The maximum atomic E-state index is 13.3. The summed E-state index contributed by atoms with van der Waals surface area (Å²) < 4.78 is 28.2. The van der Waals surface area contributed by atoms with Crippen molar-refractivity contribution in [1.82, 2.24) is 14.2 Å². The first-order valence-electron chi connectivity index (χ1n) is 11.1. The summed E-state index contributed by atoms with van der Waals surface area (Å²) in [5, 5.41) is 0. The SMILES string of the molecule is Cc1cc(C)c(S(=O)(=O)N2CCC(C(=O)N3CCC[C@H]3c3cccnc3)CC2)c(C)c1. The summed E-state index contributed by atoms with van der Waals surface area (Å²) in [6, 6.07) is 7.87. The van der Waals surface area contributed by atoms with Gasteiger partial charge in [0.15, 0.2) is 0 Å². The van der Waals surface area contributed by atoms with Gasteiger partial charge in [0.1, 0.15) is 0 Å². The van der Waals surface area contributed by atoms with Crippen LogP contribution < -0.4 is 0 Å². The summed E-state index contributed by atoms with van der Waals surface area (Å²) in [6.45, 7) is 7.22. The Hall–Kier alpha value is -2.25. The van der Waals surface area contributed by atoms with Crippen molar-refractivity contribution in [1.29, 1.82) is 0 Å². The van der Waals surface area contributed by atoms with Gasteiger partial charge in [-0.25, -0.2) is 8.42 Å². The number of pyridine rings is 1. The highest BCUT2D eigenvalue weighted by molar-refractivity contribution is 7.89. The van der Waals surface area contributed by atoms with Crippen molar-refractivity contribution in [2.75, 3.05) is 19.6 Å². The Morgan fingerprint density at radius 1 is 1.03 bits per heavy atom. The first-order valence-corrected chi connectivity index (χ1v) is 12.5. The van der Waals surface area contributed by atoms with Crippen LogP contribution in [0.15, 0.2) is 41.6 Å².